The second-order valence-electron chi connectivity index (χ2n) is 5.46. The number of hydrogen-bond acceptors (Lipinski definition) is 4. The van der Waals surface area contributed by atoms with Gasteiger partial charge in [-0.2, -0.15) is 0 Å². The smallest absolute Gasteiger partial charge is 0.223 e. The highest BCUT2D eigenvalue weighted by Gasteiger charge is 2.21. The van der Waals surface area contributed by atoms with Crippen LogP contribution in [0.1, 0.15) is 12.2 Å². The number of phenolic OH excluding ortho intramolecular Hbond substituents is 1. The number of aromatic hydroxyl groups is 1. The van der Waals surface area contributed by atoms with Gasteiger partial charge in [-0.3, -0.25) is 4.79 Å². The van der Waals surface area contributed by atoms with Crippen molar-refractivity contribution in [1.82, 2.24) is 4.90 Å². The number of phenols is 1. The van der Waals surface area contributed by atoms with E-state index in [2.05, 4.69) is 4.90 Å². The lowest BCUT2D eigenvalue weighted by atomic mass is 10.2. The first-order valence-corrected chi connectivity index (χ1v) is 7.56. The summed E-state index contributed by atoms with van der Waals surface area (Å²) in [6, 6.07) is 10.9. The van der Waals surface area contributed by atoms with E-state index in [1.807, 2.05) is 29.2 Å². The van der Waals surface area contributed by atoms with Gasteiger partial charge >= 0.3 is 0 Å². The Hall–Kier alpha value is -2.43. The summed E-state index contributed by atoms with van der Waals surface area (Å²) < 4.78 is 5.26. The predicted octanol–water partition coefficient (Wildman–Crippen LogP) is 2.27. The molecule has 1 aliphatic heterocycles. The average molecular weight is 300 g/mol. The van der Waals surface area contributed by atoms with Gasteiger partial charge < -0.3 is 19.3 Å². The number of nitrogens with zero attached hydrogens (tertiary/aromatic N) is 2. The molecular formula is C17H20N2O3. The van der Waals surface area contributed by atoms with E-state index in [1.54, 1.807) is 18.4 Å². The van der Waals surface area contributed by atoms with Crippen LogP contribution < -0.4 is 4.90 Å². The second-order valence-corrected chi connectivity index (χ2v) is 5.46. The number of piperazine rings is 1. The lowest BCUT2D eigenvalue weighted by molar-refractivity contribution is -0.131. The number of furan rings is 1. The van der Waals surface area contributed by atoms with E-state index in [9.17, 15) is 9.90 Å². The molecule has 5 heteroatoms. The van der Waals surface area contributed by atoms with E-state index >= 15 is 0 Å². The van der Waals surface area contributed by atoms with Gasteiger partial charge in [0.25, 0.3) is 0 Å². The first-order valence-electron chi connectivity index (χ1n) is 7.56. The number of carbonyl (C=O) groups is 1. The maximum absolute atomic E-state index is 12.2. The highest BCUT2D eigenvalue weighted by atomic mass is 16.3. The lowest BCUT2D eigenvalue weighted by Crippen LogP contribution is -2.48. The molecule has 22 heavy (non-hydrogen) atoms. The van der Waals surface area contributed by atoms with Gasteiger partial charge in [0.15, 0.2) is 0 Å². The summed E-state index contributed by atoms with van der Waals surface area (Å²) in [5.41, 5.74) is 1.08. The Morgan fingerprint density at radius 2 is 1.82 bits per heavy atom. The Labute approximate surface area is 129 Å². The molecule has 0 aliphatic carbocycles. The third-order valence-corrected chi connectivity index (χ3v) is 4.01. The molecule has 0 spiro atoms. The SMILES string of the molecule is O=C(CCc1ccco1)N1CCN(c2ccc(O)cc2)CC1. The summed E-state index contributed by atoms with van der Waals surface area (Å²) in [6.45, 7) is 3.10. The molecule has 2 heterocycles. The van der Waals surface area contributed by atoms with Gasteiger partial charge in [-0.1, -0.05) is 0 Å². The molecule has 0 radical (unpaired) electrons. The van der Waals surface area contributed by atoms with Crippen LogP contribution in [0.15, 0.2) is 47.1 Å². The predicted molar refractivity (Wildman–Crippen MR) is 83.9 cm³/mol. The number of benzene rings is 1. The number of anilines is 1. The van der Waals surface area contributed by atoms with E-state index in [0.717, 1.165) is 37.6 Å². The molecule has 0 atom stereocenters. The van der Waals surface area contributed by atoms with Crippen LogP contribution in [0, 0.1) is 0 Å². The van der Waals surface area contributed by atoms with Crippen molar-refractivity contribution < 1.29 is 14.3 Å². The Kier molecular flexibility index (Phi) is 4.32. The van der Waals surface area contributed by atoms with Gasteiger partial charge in [0.1, 0.15) is 11.5 Å². The van der Waals surface area contributed by atoms with Gasteiger partial charge in [-0.05, 0) is 36.4 Å². The van der Waals surface area contributed by atoms with Crippen molar-refractivity contribution in [3.05, 3.63) is 48.4 Å². The van der Waals surface area contributed by atoms with E-state index in [0.29, 0.717) is 12.8 Å². The Morgan fingerprint density at radius 1 is 1.09 bits per heavy atom. The van der Waals surface area contributed by atoms with E-state index in [4.69, 9.17) is 4.42 Å². The van der Waals surface area contributed by atoms with Crippen molar-refractivity contribution in [2.75, 3.05) is 31.1 Å². The average Bonchev–Trinajstić information content (AvgIpc) is 3.07. The van der Waals surface area contributed by atoms with Gasteiger partial charge in [-0.15, -0.1) is 0 Å². The molecule has 2 aromatic rings. The van der Waals surface area contributed by atoms with Crippen molar-refractivity contribution in [2.24, 2.45) is 0 Å². The van der Waals surface area contributed by atoms with Gasteiger partial charge in [0.2, 0.25) is 5.91 Å². The minimum atomic E-state index is 0.182. The molecule has 116 valence electrons. The summed E-state index contributed by atoms with van der Waals surface area (Å²) in [7, 11) is 0. The van der Waals surface area contributed by atoms with Crippen molar-refractivity contribution in [3.8, 4) is 5.75 Å². The van der Waals surface area contributed by atoms with Crippen LogP contribution in [-0.4, -0.2) is 42.1 Å². The lowest BCUT2D eigenvalue weighted by Gasteiger charge is -2.36. The summed E-state index contributed by atoms with van der Waals surface area (Å²) in [5, 5.41) is 9.33. The number of rotatable bonds is 4. The fourth-order valence-electron chi connectivity index (χ4n) is 2.72. The highest BCUT2D eigenvalue weighted by molar-refractivity contribution is 5.76. The van der Waals surface area contributed by atoms with E-state index in [1.165, 1.54) is 0 Å². The van der Waals surface area contributed by atoms with Crippen LogP contribution >= 0.6 is 0 Å². The molecule has 0 unspecified atom stereocenters. The quantitative estimate of drug-likeness (QED) is 0.941. The summed E-state index contributed by atoms with van der Waals surface area (Å²) in [5.74, 6) is 1.31. The summed E-state index contributed by atoms with van der Waals surface area (Å²) in [4.78, 5) is 16.4. The first-order chi connectivity index (χ1) is 10.7. The van der Waals surface area contributed by atoms with Crippen molar-refractivity contribution in [3.63, 3.8) is 0 Å². The van der Waals surface area contributed by atoms with Crippen molar-refractivity contribution in [2.45, 2.75) is 12.8 Å². The highest BCUT2D eigenvalue weighted by Crippen LogP contribution is 2.20. The van der Waals surface area contributed by atoms with Crippen LogP contribution in [0.2, 0.25) is 0 Å². The van der Waals surface area contributed by atoms with Crippen molar-refractivity contribution in [1.29, 1.82) is 0 Å². The molecule has 0 saturated carbocycles. The zero-order chi connectivity index (χ0) is 15.4. The van der Waals surface area contributed by atoms with Crippen LogP contribution in [0.25, 0.3) is 0 Å². The van der Waals surface area contributed by atoms with Crippen LogP contribution in [0.3, 0.4) is 0 Å². The van der Waals surface area contributed by atoms with Crippen LogP contribution in [0.4, 0.5) is 5.69 Å². The third-order valence-electron chi connectivity index (χ3n) is 4.01. The molecule has 1 aromatic carbocycles. The molecule has 3 rings (SSSR count). The molecular weight excluding hydrogens is 280 g/mol. The Bertz CT molecular complexity index is 599. The normalized spacial score (nSPS) is 15.1. The first kappa shape index (κ1) is 14.5. The van der Waals surface area contributed by atoms with Gasteiger partial charge in [-0.25, -0.2) is 0 Å². The molecule has 0 bridgehead atoms. The van der Waals surface area contributed by atoms with Crippen LogP contribution in [-0.2, 0) is 11.2 Å². The monoisotopic (exact) mass is 300 g/mol. The van der Waals surface area contributed by atoms with Crippen molar-refractivity contribution >= 4 is 11.6 Å². The second kappa shape index (κ2) is 6.56. The molecule has 1 saturated heterocycles. The maximum Gasteiger partial charge on any atom is 0.223 e. The van der Waals surface area contributed by atoms with Gasteiger partial charge in [0, 0.05) is 44.7 Å². The molecule has 1 aromatic heterocycles. The zero-order valence-corrected chi connectivity index (χ0v) is 12.4. The Morgan fingerprint density at radius 3 is 2.45 bits per heavy atom. The number of amides is 1. The summed E-state index contributed by atoms with van der Waals surface area (Å²) >= 11 is 0. The molecule has 1 fully saturated rings. The van der Waals surface area contributed by atoms with E-state index < -0.39 is 0 Å². The Balaban J connectivity index is 1.48. The fraction of sp³-hybridized carbons (Fsp3) is 0.353. The maximum atomic E-state index is 12.2. The number of hydrogen-bond donors (Lipinski definition) is 1. The van der Waals surface area contributed by atoms with Gasteiger partial charge in [0.05, 0.1) is 6.26 Å². The molecule has 1 amide bonds. The fourth-order valence-corrected chi connectivity index (χ4v) is 2.72. The molecule has 1 aliphatic rings. The van der Waals surface area contributed by atoms with E-state index in [-0.39, 0.29) is 11.7 Å². The topological polar surface area (TPSA) is 56.9 Å². The standard InChI is InChI=1S/C17H20N2O3/c20-15-5-3-14(4-6-15)18-9-11-19(12-10-18)17(21)8-7-16-2-1-13-22-16/h1-6,13,20H,7-12H2. The largest absolute Gasteiger partial charge is 0.508 e. The molecule has 5 nitrogen and oxygen atoms in total. The number of aryl methyl sites for hydroxylation is 1. The minimum Gasteiger partial charge on any atom is -0.508 e. The third kappa shape index (κ3) is 3.42. The minimum absolute atomic E-state index is 0.182. The van der Waals surface area contributed by atoms with Crippen LogP contribution in [0.5, 0.6) is 5.75 Å². The zero-order valence-electron chi connectivity index (χ0n) is 12.4. The summed E-state index contributed by atoms with van der Waals surface area (Å²) in [6.07, 6.45) is 2.78. The number of carbonyl (C=O) groups excluding carboxylic acids is 1. The molecule has 1 N–H and O–H groups in total.